The molecule has 4 nitrogen and oxygen atoms in total. The Balaban J connectivity index is 2.14. The van der Waals surface area contributed by atoms with E-state index in [0.717, 1.165) is 11.6 Å². The SMILES string of the molecule is CCn1ncc2c1NC(=O)CC2c1cccc(F)c1F. The van der Waals surface area contributed by atoms with Crippen LogP contribution >= 0.6 is 0 Å². The molecule has 1 unspecified atom stereocenters. The zero-order valence-electron chi connectivity index (χ0n) is 10.9. The number of aromatic nitrogens is 2. The molecule has 20 heavy (non-hydrogen) atoms. The molecule has 6 heteroatoms. The van der Waals surface area contributed by atoms with Crippen molar-refractivity contribution in [2.45, 2.75) is 25.8 Å². The van der Waals surface area contributed by atoms with Crippen LogP contribution in [0.2, 0.25) is 0 Å². The van der Waals surface area contributed by atoms with Gasteiger partial charge in [-0.3, -0.25) is 4.79 Å². The minimum Gasteiger partial charge on any atom is -0.311 e. The normalized spacial score (nSPS) is 17.8. The Labute approximate surface area is 114 Å². The van der Waals surface area contributed by atoms with Gasteiger partial charge in [0.2, 0.25) is 5.91 Å². The Hall–Kier alpha value is -2.24. The van der Waals surface area contributed by atoms with Gasteiger partial charge in [-0.1, -0.05) is 12.1 Å². The van der Waals surface area contributed by atoms with Gasteiger partial charge in [0.25, 0.3) is 0 Å². The molecule has 1 amide bonds. The molecule has 0 saturated heterocycles. The molecule has 1 aliphatic rings. The number of hydrogen-bond acceptors (Lipinski definition) is 2. The van der Waals surface area contributed by atoms with Crippen LogP contribution in [-0.2, 0) is 11.3 Å². The van der Waals surface area contributed by atoms with Gasteiger partial charge in [0.15, 0.2) is 11.6 Å². The fourth-order valence-corrected chi connectivity index (χ4v) is 2.58. The third-order valence-corrected chi connectivity index (χ3v) is 3.55. The van der Waals surface area contributed by atoms with E-state index in [9.17, 15) is 13.6 Å². The van der Waals surface area contributed by atoms with Crippen LogP contribution in [0.1, 0.15) is 30.4 Å². The first-order valence-corrected chi connectivity index (χ1v) is 6.41. The number of carbonyl (C=O) groups excluding carboxylic acids is 1. The maximum atomic E-state index is 14.0. The molecule has 0 radical (unpaired) electrons. The van der Waals surface area contributed by atoms with Crippen molar-refractivity contribution in [2.75, 3.05) is 5.32 Å². The smallest absolute Gasteiger partial charge is 0.226 e. The average Bonchev–Trinajstić information content (AvgIpc) is 2.84. The molecule has 0 saturated carbocycles. The highest BCUT2D eigenvalue weighted by Gasteiger charge is 2.31. The Morgan fingerprint density at radius 1 is 1.40 bits per heavy atom. The standard InChI is InChI=1S/C14H13F2N3O/c1-2-19-14-10(7-17-19)9(6-12(20)18-14)8-4-3-5-11(15)13(8)16/h3-5,7,9H,2,6H2,1H3,(H,18,20). The molecule has 0 aliphatic carbocycles. The Morgan fingerprint density at radius 2 is 2.20 bits per heavy atom. The summed E-state index contributed by atoms with van der Waals surface area (Å²) in [6, 6.07) is 4.02. The van der Waals surface area contributed by atoms with Gasteiger partial charge in [0.1, 0.15) is 5.82 Å². The van der Waals surface area contributed by atoms with Crippen LogP contribution in [0.15, 0.2) is 24.4 Å². The topological polar surface area (TPSA) is 46.9 Å². The van der Waals surface area contributed by atoms with Crippen LogP contribution in [0, 0.1) is 11.6 Å². The lowest BCUT2D eigenvalue weighted by Gasteiger charge is -2.24. The van der Waals surface area contributed by atoms with E-state index in [2.05, 4.69) is 10.4 Å². The number of fused-ring (bicyclic) bond motifs is 1. The number of benzene rings is 1. The van der Waals surface area contributed by atoms with Crippen molar-refractivity contribution in [1.82, 2.24) is 9.78 Å². The Morgan fingerprint density at radius 3 is 2.95 bits per heavy atom. The molecular formula is C14H13F2N3O. The van der Waals surface area contributed by atoms with Crippen LogP contribution in [0.3, 0.4) is 0 Å². The van der Waals surface area contributed by atoms with E-state index in [0.29, 0.717) is 12.4 Å². The minimum atomic E-state index is -0.905. The van der Waals surface area contributed by atoms with Crippen molar-refractivity contribution in [3.8, 4) is 0 Å². The fraction of sp³-hybridized carbons (Fsp3) is 0.286. The second-order valence-electron chi connectivity index (χ2n) is 4.71. The number of nitrogens with zero attached hydrogens (tertiary/aromatic N) is 2. The van der Waals surface area contributed by atoms with E-state index in [1.807, 2.05) is 6.92 Å². The molecule has 1 aliphatic heterocycles. The third kappa shape index (κ3) is 1.88. The van der Waals surface area contributed by atoms with Gasteiger partial charge in [-0.25, -0.2) is 13.5 Å². The number of amides is 1. The van der Waals surface area contributed by atoms with Crippen LogP contribution in [-0.4, -0.2) is 15.7 Å². The van der Waals surface area contributed by atoms with Gasteiger partial charge in [0.05, 0.1) is 6.20 Å². The van der Waals surface area contributed by atoms with Crippen molar-refractivity contribution in [2.24, 2.45) is 0 Å². The zero-order chi connectivity index (χ0) is 14.3. The number of carbonyl (C=O) groups is 1. The predicted octanol–water partition coefficient (Wildman–Crippen LogP) is 2.66. The molecular weight excluding hydrogens is 264 g/mol. The van der Waals surface area contributed by atoms with Gasteiger partial charge in [0, 0.05) is 24.4 Å². The van der Waals surface area contributed by atoms with Gasteiger partial charge < -0.3 is 5.32 Å². The van der Waals surface area contributed by atoms with Crippen molar-refractivity contribution in [3.63, 3.8) is 0 Å². The lowest BCUT2D eigenvalue weighted by Crippen LogP contribution is -2.25. The van der Waals surface area contributed by atoms with Crippen LogP contribution in [0.4, 0.5) is 14.6 Å². The summed E-state index contributed by atoms with van der Waals surface area (Å²) in [5.41, 5.74) is 0.910. The summed E-state index contributed by atoms with van der Waals surface area (Å²) in [5, 5.41) is 6.90. The molecule has 2 aromatic rings. The molecule has 0 bridgehead atoms. The van der Waals surface area contributed by atoms with Crippen molar-refractivity contribution < 1.29 is 13.6 Å². The number of rotatable bonds is 2. The highest BCUT2D eigenvalue weighted by molar-refractivity contribution is 5.94. The Kier molecular flexibility index (Phi) is 3.00. The number of nitrogens with one attached hydrogen (secondary N) is 1. The zero-order valence-corrected chi connectivity index (χ0v) is 10.9. The van der Waals surface area contributed by atoms with E-state index in [1.54, 1.807) is 10.9 Å². The number of aryl methyl sites for hydroxylation is 1. The Bertz CT molecular complexity index is 681. The summed E-state index contributed by atoms with van der Waals surface area (Å²) in [4.78, 5) is 11.8. The lowest BCUT2D eigenvalue weighted by molar-refractivity contribution is -0.116. The van der Waals surface area contributed by atoms with Crippen LogP contribution < -0.4 is 5.32 Å². The monoisotopic (exact) mass is 277 g/mol. The number of halogens is 2. The third-order valence-electron chi connectivity index (χ3n) is 3.55. The van der Waals surface area contributed by atoms with Gasteiger partial charge in [-0.05, 0) is 18.6 Å². The first-order valence-electron chi connectivity index (χ1n) is 6.41. The van der Waals surface area contributed by atoms with Gasteiger partial charge in [-0.15, -0.1) is 0 Å². The van der Waals surface area contributed by atoms with E-state index >= 15 is 0 Å². The maximum Gasteiger partial charge on any atom is 0.226 e. The van der Waals surface area contributed by atoms with Crippen molar-refractivity contribution in [1.29, 1.82) is 0 Å². The quantitative estimate of drug-likeness (QED) is 0.917. The number of hydrogen-bond donors (Lipinski definition) is 1. The summed E-state index contributed by atoms with van der Waals surface area (Å²) < 4.78 is 29.0. The summed E-state index contributed by atoms with van der Waals surface area (Å²) in [6.07, 6.45) is 1.69. The molecule has 1 atom stereocenters. The predicted molar refractivity (Wildman–Crippen MR) is 69.3 cm³/mol. The first-order chi connectivity index (χ1) is 9.61. The highest BCUT2D eigenvalue weighted by Crippen LogP contribution is 2.38. The number of anilines is 1. The average molecular weight is 277 g/mol. The fourth-order valence-electron chi connectivity index (χ4n) is 2.58. The lowest BCUT2D eigenvalue weighted by atomic mass is 9.87. The second-order valence-corrected chi connectivity index (χ2v) is 4.71. The highest BCUT2D eigenvalue weighted by atomic mass is 19.2. The molecule has 1 aromatic carbocycles. The second kappa shape index (κ2) is 4.70. The molecule has 1 N–H and O–H groups in total. The summed E-state index contributed by atoms with van der Waals surface area (Å²) in [7, 11) is 0. The van der Waals surface area contributed by atoms with E-state index in [1.165, 1.54) is 12.1 Å². The molecule has 2 heterocycles. The van der Waals surface area contributed by atoms with Crippen molar-refractivity contribution >= 4 is 11.7 Å². The van der Waals surface area contributed by atoms with Crippen LogP contribution in [0.25, 0.3) is 0 Å². The largest absolute Gasteiger partial charge is 0.311 e. The molecule has 3 rings (SSSR count). The maximum absolute atomic E-state index is 14.0. The summed E-state index contributed by atoms with van der Waals surface area (Å²) >= 11 is 0. The van der Waals surface area contributed by atoms with Crippen molar-refractivity contribution in [3.05, 3.63) is 47.2 Å². The molecule has 0 spiro atoms. The van der Waals surface area contributed by atoms with Gasteiger partial charge in [-0.2, -0.15) is 5.10 Å². The summed E-state index contributed by atoms with van der Waals surface area (Å²) in [6.45, 7) is 2.49. The molecule has 1 aromatic heterocycles. The van der Waals surface area contributed by atoms with E-state index in [-0.39, 0.29) is 17.9 Å². The first kappa shape index (κ1) is 12.8. The summed E-state index contributed by atoms with van der Waals surface area (Å²) in [5.74, 6) is -1.96. The minimum absolute atomic E-state index is 0.0861. The van der Waals surface area contributed by atoms with E-state index < -0.39 is 17.6 Å². The van der Waals surface area contributed by atoms with Crippen LogP contribution in [0.5, 0.6) is 0 Å². The van der Waals surface area contributed by atoms with E-state index in [4.69, 9.17) is 0 Å². The molecule has 0 fully saturated rings. The van der Waals surface area contributed by atoms with Gasteiger partial charge >= 0.3 is 0 Å². The molecule has 104 valence electrons.